The highest BCUT2D eigenvalue weighted by atomic mass is 32.2. The molecular formula is C10H19NO3S. The van der Waals surface area contributed by atoms with E-state index in [1.165, 1.54) is 16.7 Å². The third-order valence-corrected chi connectivity index (χ3v) is 2.49. The summed E-state index contributed by atoms with van der Waals surface area (Å²) in [5, 5.41) is 0.113. The zero-order chi connectivity index (χ0) is 11.8. The molecule has 0 saturated carbocycles. The Morgan fingerprint density at radius 3 is 2.47 bits per heavy atom. The van der Waals surface area contributed by atoms with E-state index in [1.807, 2.05) is 13.8 Å². The predicted molar refractivity (Wildman–Crippen MR) is 62.0 cm³/mol. The molecule has 0 heterocycles. The zero-order valence-corrected chi connectivity index (χ0v) is 10.6. The summed E-state index contributed by atoms with van der Waals surface area (Å²) in [6.45, 7) is 5.79. The number of nitrogens with zero attached hydrogens (tertiary/aromatic N) is 1. The topological polar surface area (TPSA) is 46.6 Å². The molecular weight excluding hydrogens is 214 g/mol. The van der Waals surface area contributed by atoms with Gasteiger partial charge in [0.05, 0.1) is 6.10 Å². The summed E-state index contributed by atoms with van der Waals surface area (Å²) in [5.41, 5.74) is 0. The van der Waals surface area contributed by atoms with E-state index < -0.39 is 0 Å². The van der Waals surface area contributed by atoms with Crippen molar-refractivity contribution >= 4 is 23.0 Å². The molecule has 0 atom stereocenters. The van der Waals surface area contributed by atoms with Crippen molar-refractivity contribution < 1.29 is 14.3 Å². The van der Waals surface area contributed by atoms with Gasteiger partial charge < -0.3 is 9.64 Å². The van der Waals surface area contributed by atoms with E-state index in [0.717, 1.165) is 12.2 Å². The van der Waals surface area contributed by atoms with E-state index in [2.05, 4.69) is 0 Å². The van der Waals surface area contributed by atoms with Crippen molar-refractivity contribution in [1.82, 2.24) is 4.90 Å². The first-order valence-corrected chi connectivity index (χ1v) is 5.97. The highest BCUT2D eigenvalue weighted by molar-refractivity contribution is 8.13. The minimum atomic E-state index is -0.308. The molecule has 0 bridgehead atoms. The second kappa shape index (κ2) is 7.56. The van der Waals surface area contributed by atoms with E-state index in [1.54, 1.807) is 14.0 Å². The van der Waals surface area contributed by atoms with Crippen LogP contribution in [0.5, 0.6) is 0 Å². The van der Waals surface area contributed by atoms with Gasteiger partial charge in [0.1, 0.15) is 0 Å². The summed E-state index contributed by atoms with van der Waals surface area (Å²) >= 11 is 1.28. The molecule has 0 rings (SSSR count). The Labute approximate surface area is 95.3 Å². The van der Waals surface area contributed by atoms with Crippen LogP contribution in [-0.2, 0) is 9.53 Å². The van der Waals surface area contributed by atoms with E-state index in [-0.39, 0.29) is 17.3 Å². The Morgan fingerprint density at radius 1 is 1.40 bits per heavy atom. The van der Waals surface area contributed by atoms with Gasteiger partial charge in [-0.05, 0) is 20.3 Å². The fraction of sp³-hybridized carbons (Fsp3) is 0.800. The maximum atomic E-state index is 11.3. The van der Waals surface area contributed by atoms with E-state index in [9.17, 15) is 9.59 Å². The molecule has 1 amide bonds. The van der Waals surface area contributed by atoms with Gasteiger partial charge in [0.2, 0.25) is 0 Å². The summed E-state index contributed by atoms with van der Waals surface area (Å²) in [5.74, 6) is 0.745. The molecule has 0 aliphatic heterocycles. The molecule has 0 aromatic rings. The van der Waals surface area contributed by atoms with Gasteiger partial charge in [0.15, 0.2) is 5.12 Å². The second-order valence-corrected chi connectivity index (χ2v) is 4.82. The fourth-order valence-corrected chi connectivity index (χ4v) is 1.46. The number of carbonyl (C=O) groups excluding carboxylic acids is 2. The first-order valence-electron chi connectivity index (χ1n) is 4.98. The Bertz CT molecular complexity index is 219. The number of amides is 1. The van der Waals surface area contributed by atoms with Crippen molar-refractivity contribution in [1.29, 1.82) is 0 Å². The van der Waals surface area contributed by atoms with Gasteiger partial charge in [-0.1, -0.05) is 11.8 Å². The highest BCUT2D eigenvalue weighted by Crippen LogP contribution is 2.04. The van der Waals surface area contributed by atoms with Crippen molar-refractivity contribution in [3.63, 3.8) is 0 Å². The van der Waals surface area contributed by atoms with Crippen LogP contribution >= 0.6 is 11.8 Å². The smallest absolute Gasteiger partial charge is 0.409 e. The number of rotatable bonds is 5. The number of hydrogen-bond acceptors (Lipinski definition) is 4. The van der Waals surface area contributed by atoms with Crippen LogP contribution in [0.15, 0.2) is 0 Å². The summed E-state index contributed by atoms with van der Waals surface area (Å²) in [4.78, 5) is 23.5. The van der Waals surface area contributed by atoms with Gasteiger partial charge in [-0.25, -0.2) is 4.79 Å². The highest BCUT2D eigenvalue weighted by Gasteiger charge is 2.10. The van der Waals surface area contributed by atoms with Crippen LogP contribution in [0.4, 0.5) is 4.79 Å². The lowest BCUT2D eigenvalue weighted by molar-refractivity contribution is -0.109. The molecule has 0 aliphatic carbocycles. The molecule has 15 heavy (non-hydrogen) atoms. The molecule has 0 aromatic carbocycles. The predicted octanol–water partition coefficient (Wildman–Crippen LogP) is 2.13. The maximum absolute atomic E-state index is 11.3. The molecule has 0 saturated heterocycles. The van der Waals surface area contributed by atoms with Crippen molar-refractivity contribution in [2.24, 2.45) is 0 Å². The first kappa shape index (κ1) is 14.3. The maximum Gasteiger partial charge on any atom is 0.409 e. The molecule has 0 radical (unpaired) electrons. The lowest BCUT2D eigenvalue weighted by atomic mass is 10.4. The van der Waals surface area contributed by atoms with Gasteiger partial charge >= 0.3 is 6.09 Å². The summed E-state index contributed by atoms with van der Waals surface area (Å²) in [6.07, 6.45) is 0.401. The molecule has 0 unspecified atom stereocenters. The van der Waals surface area contributed by atoms with Crippen LogP contribution in [0, 0.1) is 0 Å². The Kier molecular flexibility index (Phi) is 7.21. The fourth-order valence-electron chi connectivity index (χ4n) is 0.901. The molecule has 0 aromatic heterocycles. The van der Waals surface area contributed by atoms with Gasteiger partial charge in [0, 0.05) is 26.3 Å². The van der Waals surface area contributed by atoms with Crippen LogP contribution in [-0.4, -0.2) is 41.6 Å². The largest absolute Gasteiger partial charge is 0.447 e. The van der Waals surface area contributed by atoms with Crippen molar-refractivity contribution in [3.8, 4) is 0 Å². The molecule has 0 spiro atoms. The van der Waals surface area contributed by atoms with E-state index in [4.69, 9.17) is 4.74 Å². The minimum Gasteiger partial charge on any atom is -0.447 e. The van der Waals surface area contributed by atoms with Crippen LogP contribution in [0.1, 0.15) is 27.2 Å². The zero-order valence-electron chi connectivity index (χ0n) is 9.78. The lowest BCUT2D eigenvalue weighted by Gasteiger charge is -2.18. The molecule has 0 N–H and O–H groups in total. The van der Waals surface area contributed by atoms with E-state index >= 15 is 0 Å². The standard InChI is InChI=1S/C10H19NO3S/c1-8(2)14-10(13)11(4)6-5-7-15-9(3)12/h8H,5-7H2,1-4H3. The number of ether oxygens (including phenoxy) is 1. The number of carbonyl (C=O) groups is 2. The van der Waals surface area contributed by atoms with Gasteiger partial charge in [-0.15, -0.1) is 0 Å². The second-order valence-electron chi connectivity index (χ2n) is 3.55. The first-order chi connectivity index (χ1) is 6.93. The quantitative estimate of drug-likeness (QED) is 0.682. The van der Waals surface area contributed by atoms with Crippen LogP contribution in [0.25, 0.3) is 0 Å². The Balaban J connectivity index is 3.60. The average molecular weight is 233 g/mol. The number of thioether (sulfide) groups is 1. The van der Waals surface area contributed by atoms with Gasteiger partial charge in [-0.2, -0.15) is 0 Å². The van der Waals surface area contributed by atoms with Crippen LogP contribution in [0.2, 0.25) is 0 Å². The molecule has 0 fully saturated rings. The third kappa shape index (κ3) is 8.30. The molecule has 4 nitrogen and oxygen atoms in total. The average Bonchev–Trinajstić information content (AvgIpc) is 2.10. The van der Waals surface area contributed by atoms with Crippen LogP contribution in [0.3, 0.4) is 0 Å². The molecule has 5 heteroatoms. The summed E-state index contributed by atoms with van der Waals surface area (Å²) in [7, 11) is 1.70. The third-order valence-electron chi connectivity index (χ3n) is 1.59. The van der Waals surface area contributed by atoms with Crippen molar-refractivity contribution in [2.75, 3.05) is 19.3 Å². The van der Waals surface area contributed by atoms with Gasteiger partial charge in [0.25, 0.3) is 0 Å². The summed E-state index contributed by atoms with van der Waals surface area (Å²) < 4.78 is 5.00. The monoisotopic (exact) mass is 233 g/mol. The SMILES string of the molecule is CC(=O)SCCCN(C)C(=O)OC(C)C. The lowest BCUT2D eigenvalue weighted by Crippen LogP contribution is -2.30. The van der Waals surface area contributed by atoms with Crippen molar-refractivity contribution in [2.45, 2.75) is 33.3 Å². The normalized spacial score (nSPS) is 10.2. The number of hydrogen-bond donors (Lipinski definition) is 0. The minimum absolute atomic E-state index is 0.0912. The Hall–Kier alpha value is -0.710. The van der Waals surface area contributed by atoms with Crippen LogP contribution < -0.4 is 0 Å². The summed E-state index contributed by atoms with van der Waals surface area (Å²) in [6, 6.07) is 0. The van der Waals surface area contributed by atoms with Gasteiger partial charge in [-0.3, -0.25) is 4.79 Å². The van der Waals surface area contributed by atoms with Crippen molar-refractivity contribution in [3.05, 3.63) is 0 Å². The molecule has 0 aliphatic rings. The molecule has 88 valence electrons. The Morgan fingerprint density at radius 2 is 2.00 bits per heavy atom. The van der Waals surface area contributed by atoms with E-state index in [0.29, 0.717) is 6.54 Å².